The molecule has 0 radical (unpaired) electrons. The summed E-state index contributed by atoms with van der Waals surface area (Å²) in [5.41, 5.74) is -2.15. The molecule has 6 nitrogen and oxygen atoms in total. The van der Waals surface area contributed by atoms with Crippen molar-refractivity contribution >= 4 is 6.09 Å². The first-order valence-electron chi connectivity index (χ1n) is 6.53. The van der Waals surface area contributed by atoms with Crippen molar-refractivity contribution in [1.29, 1.82) is 0 Å². The van der Waals surface area contributed by atoms with E-state index >= 15 is 0 Å². The molecular weight excluding hydrogens is 246 g/mol. The summed E-state index contributed by atoms with van der Waals surface area (Å²) in [6.07, 6.45) is 6.69. The van der Waals surface area contributed by atoms with Crippen molar-refractivity contribution < 1.29 is 14.6 Å². The number of nitrogens with zero attached hydrogens (tertiary/aromatic N) is 3. The predicted molar refractivity (Wildman–Crippen MR) is 69.4 cm³/mol. The molecule has 106 valence electrons. The van der Waals surface area contributed by atoms with E-state index in [0.29, 0.717) is 6.54 Å². The van der Waals surface area contributed by atoms with Crippen molar-refractivity contribution in [3.8, 4) is 0 Å². The number of carbonyl (C=O) groups excluding carboxylic acids is 1. The molecule has 2 heterocycles. The molecule has 1 N–H and O–H groups in total. The van der Waals surface area contributed by atoms with Gasteiger partial charge in [0.05, 0.1) is 6.33 Å². The molecule has 19 heavy (non-hydrogen) atoms. The number of aryl methyl sites for hydroxylation is 1. The second-order valence-electron chi connectivity index (χ2n) is 5.56. The molecule has 1 amide bonds. The van der Waals surface area contributed by atoms with Crippen LogP contribution >= 0.6 is 0 Å². The summed E-state index contributed by atoms with van der Waals surface area (Å²) in [5, 5.41) is 10.4. The zero-order valence-corrected chi connectivity index (χ0v) is 11.7. The van der Waals surface area contributed by atoms with Crippen LogP contribution in [0.4, 0.5) is 4.79 Å². The summed E-state index contributed by atoms with van der Waals surface area (Å²) in [6.45, 7) is 6.40. The molecule has 0 aromatic carbocycles. The van der Waals surface area contributed by atoms with Crippen LogP contribution < -0.4 is 0 Å². The Bertz CT molecular complexity index is 440. The van der Waals surface area contributed by atoms with Gasteiger partial charge in [0, 0.05) is 25.5 Å². The summed E-state index contributed by atoms with van der Waals surface area (Å²) in [6, 6.07) is 0. The van der Waals surface area contributed by atoms with Gasteiger partial charge in [-0.25, -0.2) is 9.78 Å². The zero-order chi connectivity index (χ0) is 14.1. The van der Waals surface area contributed by atoms with Crippen LogP contribution in [0.3, 0.4) is 0 Å². The highest BCUT2D eigenvalue weighted by Crippen LogP contribution is 2.36. The number of hydrogen-bond acceptors (Lipinski definition) is 4. The highest BCUT2D eigenvalue weighted by molar-refractivity contribution is 5.72. The molecule has 0 spiro atoms. The van der Waals surface area contributed by atoms with Crippen LogP contribution in [0.5, 0.6) is 0 Å². The lowest BCUT2D eigenvalue weighted by atomic mass is 9.96. The minimum atomic E-state index is -1.26. The first-order chi connectivity index (χ1) is 8.84. The molecular formula is C13H21N3O3. The van der Waals surface area contributed by atoms with Gasteiger partial charge in [0.1, 0.15) is 0 Å². The van der Waals surface area contributed by atoms with Crippen molar-refractivity contribution in [1.82, 2.24) is 14.5 Å². The summed E-state index contributed by atoms with van der Waals surface area (Å²) in [7, 11) is 0. The first-order valence-corrected chi connectivity index (χ1v) is 6.53. The number of amides is 1. The van der Waals surface area contributed by atoms with Crippen LogP contribution in [0.15, 0.2) is 18.7 Å². The monoisotopic (exact) mass is 267 g/mol. The van der Waals surface area contributed by atoms with E-state index in [4.69, 9.17) is 4.74 Å². The minimum Gasteiger partial charge on any atom is -0.438 e. The van der Waals surface area contributed by atoms with Crippen molar-refractivity contribution in [2.75, 3.05) is 6.54 Å². The Morgan fingerprint density at radius 3 is 2.53 bits per heavy atom. The van der Waals surface area contributed by atoms with Crippen LogP contribution in [0.25, 0.3) is 0 Å². The van der Waals surface area contributed by atoms with Gasteiger partial charge in [0.15, 0.2) is 11.3 Å². The number of cyclic esters (lactones) is 1. The smallest absolute Gasteiger partial charge is 0.412 e. The molecule has 2 rings (SSSR count). The van der Waals surface area contributed by atoms with Gasteiger partial charge in [-0.1, -0.05) is 0 Å². The van der Waals surface area contributed by atoms with Gasteiger partial charge in [-0.3, -0.25) is 4.90 Å². The Balaban J connectivity index is 1.84. The number of ether oxygens (including phenoxy) is 1. The molecule has 1 saturated heterocycles. The lowest BCUT2D eigenvalue weighted by Crippen LogP contribution is -2.53. The third kappa shape index (κ3) is 2.58. The Kier molecular flexibility index (Phi) is 3.54. The molecule has 0 aliphatic carbocycles. The molecule has 0 bridgehead atoms. The largest absolute Gasteiger partial charge is 0.438 e. The van der Waals surface area contributed by atoms with Gasteiger partial charge in [-0.15, -0.1) is 0 Å². The van der Waals surface area contributed by atoms with Crippen molar-refractivity contribution in [2.24, 2.45) is 0 Å². The van der Waals surface area contributed by atoms with Gasteiger partial charge in [-0.05, 0) is 33.6 Å². The topological polar surface area (TPSA) is 67.6 Å². The predicted octanol–water partition coefficient (Wildman–Crippen LogP) is 1.60. The fraction of sp³-hybridized carbons (Fsp3) is 0.692. The van der Waals surface area contributed by atoms with E-state index in [-0.39, 0.29) is 0 Å². The van der Waals surface area contributed by atoms with Gasteiger partial charge < -0.3 is 14.4 Å². The molecule has 1 aliphatic heterocycles. The lowest BCUT2D eigenvalue weighted by Gasteiger charge is -2.34. The summed E-state index contributed by atoms with van der Waals surface area (Å²) < 4.78 is 7.19. The van der Waals surface area contributed by atoms with E-state index in [1.165, 1.54) is 4.90 Å². The molecule has 6 heteroatoms. The number of aliphatic hydroxyl groups is 1. The summed E-state index contributed by atoms with van der Waals surface area (Å²) in [4.78, 5) is 17.1. The fourth-order valence-electron chi connectivity index (χ4n) is 2.17. The Morgan fingerprint density at radius 2 is 2.00 bits per heavy atom. The SMILES string of the molecule is CC1(C)OC(=O)N(CCCCn2ccnc2)[C@]1(C)O. The highest BCUT2D eigenvalue weighted by atomic mass is 16.6. The number of hydrogen-bond donors (Lipinski definition) is 1. The molecule has 1 aromatic heterocycles. The average molecular weight is 267 g/mol. The van der Waals surface area contributed by atoms with Gasteiger partial charge in [0.25, 0.3) is 0 Å². The summed E-state index contributed by atoms with van der Waals surface area (Å²) in [5.74, 6) is 0. The van der Waals surface area contributed by atoms with Crippen LogP contribution in [0.2, 0.25) is 0 Å². The number of unbranched alkanes of at least 4 members (excludes halogenated alkanes) is 1. The Labute approximate surface area is 113 Å². The van der Waals surface area contributed by atoms with E-state index in [9.17, 15) is 9.90 Å². The highest BCUT2D eigenvalue weighted by Gasteiger charge is 2.56. The number of imidazole rings is 1. The van der Waals surface area contributed by atoms with Crippen LogP contribution in [0, 0.1) is 0 Å². The van der Waals surface area contributed by atoms with Crippen LogP contribution in [0.1, 0.15) is 33.6 Å². The Hall–Kier alpha value is -1.56. The van der Waals surface area contributed by atoms with Crippen molar-refractivity contribution in [3.05, 3.63) is 18.7 Å². The number of aromatic nitrogens is 2. The maximum Gasteiger partial charge on any atom is 0.412 e. The van der Waals surface area contributed by atoms with Gasteiger partial charge in [-0.2, -0.15) is 0 Å². The van der Waals surface area contributed by atoms with E-state index in [1.807, 2.05) is 10.8 Å². The quantitative estimate of drug-likeness (QED) is 0.823. The maximum absolute atomic E-state index is 11.8. The molecule has 0 unspecified atom stereocenters. The maximum atomic E-state index is 11.8. The van der Waals surface area contributed by atoms with E-state index in [0.717, 1.165) is 19.4 Å². The lowest BCUT2D eigenvalue weighted by molar-refractivity contribution is -0.127. The molecule has 1 atom stereocenters. The van der Waals surface area contributed by atoms with Gasteiger partial charge in [0.2, 0.25) is 0 Å². The number of rotatable bonds is 5. The zero-order valence-electron chi connectivity index (χ0n) is 11.7. The second kappa shape index (κ2) is 4.85. The van der Waals surface area contributed by atoms with Crippen LogP contribution in [-0.4, -0.2) is 43.5 Å². The van der Waals surface area contributed by atoms with E-state index in [1.54, 1.807) is 33.3 Å². The number of carbonyl (C=O) groups is 1. The molecule has 0 saturated carbocycles. The average Bonchev–Trinajstić information content (AvgIpc) is 2.84. The molecule has 1 fully saturated rings. The minimum absolute atomic E-state index is 0.447. The molecule has 1 aliphatic rings. The van der Waals surface area contributed by atoms with Crippen molar-refractivity contribution in [3.63, 3.8) is 0 Å². The Morgan fingerprint density at radius 1 is 1.32 bits per heavy atom. The van der Waals surface area contributed by atoms with Crippen LogP contribution in [-0.2, 0) is 11.3 Å². The second-order valence-corrected chi connectivity index (χ2v) is 5.56. The fourth-order valence-corrected chi connectivity index (χ4v) is 2.17. The van der Waals surface area contributed by atoms with E-state index < -0.39 is 17.4 Å². The third-order valence-electron chi connectivity index (χ3n) is 3.84. The van der Waals surface area contributed by atoms with Crippen molar-refractivity contribution in [2.45, 2.75) is 51.5 Å². The summed E-state index contributed by atoms with van der Waals surface area (Å²) >= 11 is 0. The third-order valence-corrected chi connectivity index (χ3v) is 3.84. The molecule has 1 aromatic rings. The standard InChI is InChI=1S/C13H21N3O3/c1-12(2)13(3,18)16(11(17)19-12)8-5-4-7-15-9-6-14-10-15/h6,9-10,18H,4-5,7-8H2,1-3H3/t13-/m1/s1. The van der Waals surface area contributed by atoms with Gasteiger partial charge >= 0.3 is 6.09 Å². The normalized spacial score (nSPS) is 25.7. The van der Waals surface area contributed by atoms with E-state index in [2.05, 4.69) is 4.98 Å². The first kappa shape index (κ1) is 13.9.